The van der Waals surface area contributed by atoms with E-state index >= 15 is 0 Å². The van der Waals surface area contributed by atoms with Crippen molar-refractivity contribution in [2.45, 2.75) is 71.9 Å². The van der Waals surface area contributed by atoms with Crippen molar-refractivity contribution >= 4 is 0 Å². The molecule has 1 heteroatoms. The first-order valence-corrected chi connectivity index (χ1v) is 7.46. The quantitative estimate of drug-likeness (QED) is 0.637. The molecule has 18 heavy (non-hydrogen) atoms. The Bertz CT molecular complexity index is 315. The van der Waals surface area contributed by atoms with E-state index in [1.165, 1.54) is 43.2 Å². The molecule has 1 rings (SSSR count). The van der Waals surface area contributed by atoms with Gasteiger partial charge in [-0.2, -0.15) is 0 Å². The highest BCUT2D eigenvalue weighted by Gasteiger charge is 2.08. The van der Waals surface area contributed by atoms with Crippen molar-refractivity contribution < 1.29 is 0 Å². The van der Waals surface area contributed by atoms with Crippen molar-refractivity contribution in [2.75, 3.05) is 0 Å². The fourth-order valence-electron chi connectivity index (χ4n) is 2.34. The number of aryl methyl sites for hydroxylation is 1. The third-order valence-corrected chi connectivity index (χ3v) is 3.60. The smallest absolute Gasteiger partial charge is 0.0294 e. The number of unbranched alkanes of at least 4 members (excludes halogenated alkanes) is 3. The Balaban J connectivity index is 2.30. The van der Waals surface area contributed by atoms with Crippen LogP contribution in [0.2, 0.25) is 0 Å². The molecule has 0 bridgehead atoms. The van der Waals surface area contributed by atoms with Crippen molar-refractivity contribution in [3.05, 3.63) is 35.4 Å². The van der Waals surface area contributed by atoms with E-state index < -0.39 is 0 Å². The molecule has 0 amide bonds. The van der Waals surface area contributed by atoms with Crippen molar-refractivity contribution in [2.24, 2.45) is 0 Å². The maximum atomic E-state index is 3.69. The molecule has 102 valence electrons. The average Bonchev–Trinajstić information content (AvgIpc) is 2.35. The molecule has 0 heterocycles. The Labute approximate surface area is 113 Å². The van der Waals surface area contributed by atoms with Crippen molar-refractivity contribution in [1.29, 1.82) is 0 Å². The van der Waals surface area contributed by atoms with E-state index in [1.807, 2.05) is 0 Å². The molecule has 1 unspecified atom stereocenters. The first-order chi connectivity index (χ1) is 8.63. The molecule has 1 aromatic carbocycles. The van der Waals surface area contributed by atoms with E-state index in [9.17, 15) is 0 Å². The Morgan fingerprint density at radius 2 is 1.67 bits per heavy atom. The monoisotopic (exact) mass is 247 g/mol. The van der Waals surface area contributed by atoms with Crippen LogP contribution in [-0.2, 0) is 0 Å². The van der Waals surface area contributed by atoms with Gasteiger partial charge >= 0.3 is 0 Å². The minimum Gasteiger partial charge on any atom is -0.308 e. The molecule has 0 saturated carbocycles. The van der Waals surface area contributed by atoms with Crippen LogP contribution in [0, 0.1) is 6.92 Å². The highest BCUT2D eigenvalue weighted by Crippen LogP contribution is 2.15. The summed E-state index contributed by atoms with van der Waals surface area (Å²) < 4.78 is 0. The van der Waals surface area contributed by atoms with Gasteiger partial charge in [0.25, 0.3) is 0 Å². The van der Waals surface area contributed by atoms with Gasteiger partial charge in [0, 0.05) is 12.1 Å². The molecule has 0 saturated heterocycles. The Morgan fingerprint density at radius 3 is 2.28 bits per heavy atom. The van der Waals surface area contributed by atoms with Crippen LogP contribution in [0.3, 0.4) is 0 Å². The van der Waals surface area contributed by atoms with E-state index in [-0.39, 0.29) is 0 Å². The summed E-state index contributed by atoms with van der Waals surface area (Å²) in [6.07, 6.45) is 6.71. The van der Waals surface area contributed by atoms with Gasteiger partial charge in [-0.1, -0.05) is 62.4 Å². The van der Waals surface area contributed by atoms with Crippen molar-refractivity contribution in [1.82, 2.24) is 5.32 Å². The van der Waals surface area contributed by atoms with Gasteiger partial charge in [0.1, 0.15) is 0 Å². The van der Waals surface area contributed by atoms with Gasteiger partial charge in [-0.3, -0.25) is 0 Å². The van der Waals surface area contributed by atoms with Gasteiger partial charge < -0.3 is 5.32 Å². The van der Waals surface area contributed by atoms with Crippen LogP contribution in [0.4, 0.5) is 0 Å². The molecule has 1 aromatic rings. The lowest BCUT2D eigenvalue weighted by Gasteiger charge is -2.20. The zero-order valence-electron chi connectivity index (χ0n) is 12.5. The second-order valence-electron chi connectivity index (χ2n) is 5.55. The standard InChI is InChI=1S/C17H29N/c1-5-6-7-8-9-15(3)18-16(4)17-12-10-14(2)11-13-17/h10-13,15-16,18H,5-9H2,1-4H3/t15?,16-/m1/s1. The summed E-state index contributed by atoms with van der Waals surface area (Å²) in [5.41, 5.74) is 2.72. The second-order valence-corrected chi connectivity index (χ2v) is 5.55. The normalized spacial score (nSPS) is 14.4. The molecule has 0 aliphatic carbocycles. The van der Waals surface area contributed by atoms with E-state index in [0.717, 1.165) is 0 Å². The van der Waals surface area contributed by atoms with Gasteiger partial charge in [0.05, 0.1) is 0 Å². The Hall–Kier alpha value is -0.820. The zero-order chi connectivity index (χ0) is 13.4. The van der Waals surface area contributed by atoms with Crippen LogP contribution in [0.25, 0.3) is 0 Å². The van der Waals surface area contributed by atoms with Gasteiger partial charge in [-0.25, -0.2) is 0 Å². The van der Waals surface area contributed by atoms with Crippen LogP contribution in [0.1, 0.15) is 70.0 Å². The number of hydrogen-bond donors (Lipinski definition) is 1. The minimum atomic E-state index is 0.451. The van der Waals surface area contributed by atoms with E-state index in [1.54, 1.807) is 0 Å². The molecule has 0 aliphatic rings. The van der Waals surface area contributed by atoms with Crippen molar-refractivity contribution in [3.8, 4) is 0 Å². The summed E-state index contributed by atoms with van der Waals surface area (Å²) in [6.45, 7) is 8.96. The number of hydrogen-bond acceptors (Lipinski definition) is 1. The predicted octanol–water partition coefficient (Wildman–Crippen LogP) is 5.00. The van der Waals surface area contributed by atoms with Gasteiger partial charge in [0.15, 0.2) is 0 Å². The molecule has 0 aliphatic heterocycles. The molecule has 1 nitrogen and oxygen atoms in total. The van der Waals surface area contributed by atoms with Gasteiger partial charge in [-0.05, 0) is 32.8 Å². The van der Waals surface area contributed by atoms with E-state index in [2.05, 4.69) is 57.3 Å². The SMILES string of the molecule is CCCCCCC(C)N[C@H](C)c1ccc(C)cc1. The highest BCUT2D eigenvalue weighted by molar-refractivity contribution is 5.23. The molecule has 0 radical (unpaired) electrons. The molecule has 2 atom stereocenters. The van der Waals surface area contributed by atoms with Gasteiger partial charge in [-0.15, -0.1) is 0 Å². The lowest BCUT2D eigenvalue weighted by atomic mass is 10.0. The number of benzene rings is 1. The second kappa shape index (κ2) is 8.31. The molecule has 1 N–H and O–H groups in total. The predicted molar refractivity (Wildman–Crippen MR) is 81.0 cm³/mol. The van der Waals surface area contributed by atoms with Crippen LogP contribution in [-0.4, -0.2) is 6.04 Å². The molecular weight excluding hydrogens is 218 g/mol. The largest absolute Gasteiger partial charge is 0.308 e. The summed E-state index contributed by atoms with van der Waals surface area (Å²) in [5.74, 6) is 0. The Kier molecular flexibility index (Phi) is 7.04. The molecule has 0 spiro atoms. The first kappa shape index (κ1) is 15.2. The third-order valence-electron chi connectivity index (χ3n) is 3.60. The van der Waals surface area contributed by atoms with Crippen LogP contribution < -0.4 is 5.32 Å². The fraction of sp³-hybridized carbons (Fsp3) is 0.647. The number of nitrogens with one attached hydrogen (secondary N) is 1. The van der Waals surface area contributed by atoms with Crippen LogP contribution in [0.15, 0.2) is 24.3 Å². The lowest BCUT2D eigenvalue weighted by molar-refractivity contribution is 0.438. The lowest BCUT2D eigenvalue weighted by Crippen LogP contribution is -2.28. The van der Waals surface area contributed by atoms with E-state index in [0.29, 0.717) is 12.1 Å². The average molecular weight is 247 g/mol. The molecule has 0 fully saturated rings. The maximum absolute atomic E-state index is 3.69. The zero-order valence-corrected chi connectivity index (χ0v) is 12.5. The summed E-state index contributed by atoms with van der Waals surface area (Å²) in [4.78, 5) is 0. The van der Waals surface area contributed by atoms with Crippen LogP contribution >= 0.6 is 0 Å². The Morgan fingerprint density at radius 1 is 1.00 bits per heavy atom. The van der Waals surface area contributed by atoms with Crippen molar-refractivity contribution in [3.63, 3.8) is 0 Å². The van der Waals surface area contributed by atoms with Gasteiger partial charge in [0.2, 0.25) is 0 Å². The first-order valence-electron chi connectivity index (χ1n) is 7.46. The highest BCUT2D eigenvalue weighted by atomic mass is 14.9. The summed E-state index contributed by atoms with van der Waals surface area (Å²) in [7, 11) is 0. The third kappa shape index (κ3) is 5.68. The summed E-state index contributed by atoms with van der Waals surface area (Å²) in [5, 5.41) is 3.69. The summed E-state index contributed by atoms with van der Waals surface area (Å²) in [6, 6.07) is 9.91. The molecule has 0 aromatic heterocycles. The minimum absolute atomic E-state index is 0.451. The molecular formula is C17H29N. The topological polar surface area (TPSA) is 12.0 Å². The van der Waals surface area contributed by atoms with E-state index in [4.69, 9.17) is 0 Å². The maximum Gasteiger partial charge on any atom is 0.0294 e. The van der Waals surface area contributed by atoms with Crippen LogP contribution in [0.5, 0.6) is 0 Å². The number of rotatable bonds is 8. The fourth-order valence-corrected chi connectivity index (χ4v) is 2.34. The summed E-state index contributed by atoms with van der Waals surface area (Å²) >= 11 is 0.